The Labute approximate surface area is 125 Å². The molecule has 0 aliphatic rings. The number of hydrogen-bond donors (Lipinski definition) is 1. The summed E-state index contributed by atoms with van der Waals surface area (Å²) in [5.74, 6) is 0.548. The topological polar surface area (TPSA) is 43.8 Å². The van der Waals surface area contributed by atoms with Crippen LogP contribution < -0.4 is 5.73 Å². The third-order valence-corrected chi connectivity index (χ3v) is 3.56. The number of benzene rings is 1. The molecule has 108 valence electrons. The van der Waals surface area contributed by atoms with E-state index >= 15 is 0 Å². The van der Waals surface area contributed by atoms with E-state index in [1.807, 2.05) is 0 Å². The van der Waals surface area contributed by atoms with Crippen molar-refractivity contribution in [1.29, 1.82) is 0 Å². The Kier molecular flexibility index (Phi) is 4.09. The molecule has 2 aromatic rings. The molecule has 0 saturated heterocycles. The molecule has 1 aromatic heterocycles. The number of hydrogen-bond acceptors (Lipinski definition) is 2. The first kappa shape index (κ1) is 14.9. The average molecular weight is 292 g/mol. The summed E-state index contributed by atoms with van der Waals surface area (Å²) in [7, 11) is 0. The van der Waals surface area contributed by atoms with Crippen LogP contribution in [0, 0.1) is 12.3 Å². The molecule has 2 rings (SSSR count). The van der Waals surface area contributed by atoms with E-state index in [0.717, 1.165) is 12.1 Å². The van der Waals surface area contributed by atoms with Crippen molar-refractivity contribution in [3.63, 3.8) is 0 Å². The predicted octanol–water partition coefficient (Wildman–Crippen LogP) is 4.06. The zero-order valence-electron chi connectivity index (χ0n) is 12.6. The lowest BCUT2D eigenvalue weighted by Crippen LogP contribution is -2.11. The van der Waals surface area contributed by atoms with E-state index < -0.39 is 0 Å². The molecule has 0 aliphatic carbocycles. The fourth-order valence-electron chi connectivity index (χ4n) is 2.11. The van der Waals surface area contributed by atoms with Gasteiger partial charge in [0, 0.05) is 0 Å². The smallest absolute Gasteiger partial charge is 0.141 e. The summed E-state index contributed by atoms with van der Waals surface area (Å²) in [6.07, 6.45) is 0.816. The molecule has 0 radical (unpaired) electrons. The van der Waals surface area contributed by atoms with E-state index in [1.165, 1.54) is 11.1 Å². The maximum atomic E-state index is 6.30. The van der Waals surface area contributed by atoms with Crippen LogP contribution in [-0.4, -0.2) is 9.78 Å². The Morgan fingerprint density at radius 3 is 2.35 bits per heavy atom. The second-order valence-electron chi connectivity index (χ2n) is 6.53. The molecule has 0 unspecified atom stereocenters. The van der Waals surface area contributed by atoms with Crippen LogP contribution in [0.15, 0.2) is 24.3 Å². The lowest BCUT2D eigenvalue weighted by Gasteiger charge is -2.16. The predicted molar refractivity (Wildman–Crippen MR) is 85.1 cm³/mol. The zero-order valence-corrected chi connectivity index (χ0v) is 13.3. The summed E-state index contributed by atoms with van der Waals surface area (Å²) in [5.41, 5.74) is 9.50. The second-order valence-corrected chi connectivity index (χ2v) is 6.90. The molecule has 2 N–H and O–H groups in total. The van der Waals surface area contributed by atoms with Gasteiger partial charge in [-0.2, -0.15) is 5.10 Å². The van der Waals surface area contributed by atoms with E-state index in [4.69, 9.17) is 17.3 Å². The van der Waals surface area contributed by atoms with Gasteiger partial charge in [0.15, 0.2) is 0 Å². The number of nitrogens with two attached hydrogens (primary N) is 1. The Balaban J connectivity index is 2.24. The van der Waals surface area contributed by atoms with Crippen molar-refractivity contribution in [2.45, 2.75) is 40.7 Å². The molecule has 0 saturated carbocycles. The minimum absolute atomic E-state index is 0.138. The van der Waals surface area contributed by atoms with E-state index in [9.17, 15) is 0 Å². The quantitative estimate of drug-likeness (QED) is 0.926. The molecule has 0 amide bonds. The van der Waals surface area contributed by atoms with Crippen molar-refractivity contribution in [1.82, 2.24) is 9.78 Å². The van der Waals surface area contributed by atoms with Crippen LogP contribution in [0.3, 0.4) is 0 Å². The standard InChI is InChI=1S/C16H22ClN3/c1-11-5-7-12(8-6-11)10-20-15(18)14(17)13(19-20)9-16(2,3)4/h5-8H,9-10,18H2,1-4H3. The normalized spacial score (nSPS) is 11.8. The molecule has 0 fully saturated rings. The highest BCUT2D eigenvalue weighted by molar-refractivity contribution is 6.33. The van der Waals surface area contributed by atoms with Gasteiger partial charge >= 0.3 is 0 Å². The fraction of sp³-hybridized carbons (Fsp3) is 0.438. The van der Waals surface area contributed by atoms with Gasteiger partial charge in [0.05, 0.1) is 12.2 Å². The van der Waals surface area contributed by atoms with Crippen LogP contribution >= 0.6 is 11.6 Å². The van der Waals surface area contributed by atoms with Crippen molar-refractivity contribution in [2.75, 3.05) is 5.73 Å². The number of rotatable bonds is 3. The Morgan fingerprint density at radius 1 is 1.20 bits per heavy atom. The molecular weight excluding hydrogens is 270 g/mol. The lowest BCUT2D eigenvalue weighted by molar-refractivity contribution is 0.404. The summed E-state index contributed by atoms with van der Waals surface area (Å²) < 4.78 is 1.79. The van der Waals surface area contributed by atoms with Crippen molar-refractivity contribution < 1.29 is 0 Å². The molecule has 1 heterocycles. The monoisotopic (exact) mass is 291 g/mol. The number of nitrogens with zero attached hydrogens (tertiary/aromatic N) is 2. The van der Waals surface area contributed by atoms with Gasteiger partial charge in [0.25, 0.3) is 0 Å². The molecule has 0 bridgehead atoms. The highest BCUT2D eigenvalue weighted by Crippen LogP contribution is 2.29. The first-order chi connectivity index (χ1) is 9.26. The minimum atomic E-state index is 0.138. The Bertz CT molecular complexity index is 591. The molecule has 20 heavy (non-hydrogen) atoms. The SMILES string of the molecule is Cc1ccc(Cn2nc(CC(C)(C)C)c(Cl)c2N)cc1. The number of nitrogen functional groups attached to an aromatic ring is 1. The van der Waals surface area contributed by atoms with Gasteiger partial charge in [-0.25, -0.2) is 4.68 Å². The highest BCUT2D eigenvalue weighted by Gasteiger charge is 2.20. The molecule has 0 spiro atoms. The van der Waals surface area contributed by atoms with Crippen LogP contribution in [0.5, 0.6) is 0 Å². The summed E-state index contributed by atoms with van der Waals surface area (Å²) in [5, 5.41) is 5.16. The zero-order chi connectivity index (χ0) is 14.9. The summed E-state index contributed by atoms with van der Waals surface area (Å²) >= 11 is 6.30. The van der Waals surface area contributed by atoms with E-state index in [2.05, 4.69) is 57.1 Å². The number of aryl methyl sites for hydroxylation is 1. The fourth-order valence-corrected chi connectivity index (χ4v) is 2.31. The van der Waals surface area contributed by atoms with Crippen LogP contribution in [0.1, 0.15) is 37.6 Å². The van der Waals surface area contributed by atoms with Gasteiger partial charge < -0.3 is 5.73 Å². The van der Waals surface area contributed by atoms with Crippen molar-refractivity contribution >= 4 is 17.4 Å². The lowest BCUT2D eigenvalue weighted by atomic mass is 9.91. The van der Waals surface area contributed by atoms with Gasteiger partial charge in [-0.15, -0.1) is 0 Å². The van der Waals surface area contributed by atoms with Crippen LogP contribution in [0.4, 0.5) is 5.82 Å². The van der Waals surface area contributed by atoms with Gasteiger partial charge in [-0.3, -0.25) is 0 Å². The van der Waals surface area contributed by atoms with E-state index in [1.54, 1.807) is 4.68 Å². The molecule has 0 atom stereocenters. The van der Waals surface area contributed by atoms with Crippen LogP contribution in [0.25, 0.3) is 0 Å². The number of aromatic nitrogens is 2. The van der Waals surface area contributed by atoms with Crippen molar-refractivity contribution in [2.24, 2.45) is 5.41 Å². The molecule has 1 aromatic carbocycles. The van der Waals surface area contributed by atoms with E-state index in [-0.39, 0.29) is 5.41 Å². The third kappa shape index (κ3) is 3.54. The minimum Gasteiger partial charge on any atom is -0.383 e. The Morgan fingerprint density at radius 2 is 1.80 bits per heavy atom. The molecular formula is C16H22ClN3. The van der Waals surface area contributed by atoms with Crippen LogP contribution in [-0.2, 0) is 13.0 Å². The first-order valence-corrected chi connectivity index (χ1v) is 7.20. The Hall–Kier alpha value is -1.48. The van der Waals surface area contributed by atoms with Crippen molar-refractivity contribution in [3.8, 4) is 0 Å². The van der Waals surface area contributed by atoms with Gasteiger partial charge in [0.2, 0.25) is 0 Å². The average Bonchev–Trinajstić information content (AvgIpc) is 2.59. The highest BCUT2D eigenvalue weighted by atomic mass is 35.5. The van der Waals surface area contributed by atoms with Gasteiger partial charge in [-0.1, -0.05) is 62.2 Å². The molecule has 4 heteroatoms. The summed E-state index contributed by atoms with van der Waals surface area (Å²) in [6.45, 7) is 9.22. The van der Waals surface area contributed by atoms with Gasteiger partial charge in [0.1, 0.15) is 10.8 Å². The van der Waals surface area contributed by atoms with Crippen molar-refractivity contribution in [3.05, 3.63) is 46.1 Å². The first-order valence-electron chi connectivity index (χ1n) is 6.82. The van der Waals surface area contributed by atoms with Crippen LogP contribution in [0.2, 0.25) is 5.02 Å². The largest absolute Gasteiger partial charge is 0.383 e. The summed E-state index contributed by atoms with van der Waals surface area (Å²) in [4.78, 5) is 0. The number of anilines is 1. The molecule has 3 nitrogen and oxygen atoms in total. The maximum Gasteiger partial charge on any atom is 0.141 e. The van der Waals surface area contributed by atoms with Gasteiger partial charge in [-0.05, 0) is 24.3 Å². The third-order valence-electron chi connectivity index (χ3n) is 3.15. The maximum absolute atomic E-state index is 6.30. The molecule has 0 aliphatic heterocycles. The number of halogens is 1. The second kappa shape index (κ2) is 5.49. The summed E-state index contributed by atoms with van der Waals surface area (Å²) in [6, 6.07) is 8.36. The van der Waals surface area contributed by atoms with E-state index in [0.29, 0.717) is 17.4 Å².